The molecule has 0 aliphatic carbocycles. The summed E-state index contributed by atoms with van der Waals surface area (Å²) in [6.45, 7) is 5.30. The van der Waals surface area contributed by atoms with E-state index < -0.39 is 0 Å². The van der Waals surface area contributed by atoms with Crippen LogP contribution in [0.25, 0.3) is 0 Å². The molecule has 1 aliphatic rings. The Kier molecular flexibility index (Phi) is 5.70. The molecule has 2 N–H and O–H groups in total. The third kappa shape index (κ3) is 4.14. The molecular formula is C17H25ClN2O2. The summed E-state index contributed by atoms with van der Waals surface area (Å²) in [6.07, 6.45) is 1.49. The van der Waals surface area contributed by atoms with Crippen molar-refractivity contribution in [2.75, 3.05) is 20.2 Å². The summed E-state index contributed by atoms with van der Waals surface area (Å²) in [5.74, 6) is 1.22. The Morgan fingerprint density at radius 2 is 2.23 bits per heavy atom. The van der Waals surface area contributed by atoms with E-state index in [9.17, 15) is 4.79 Å². The zero-order valence-electron chi connectivity index (χ0n) is 13.5. The second-order valence-electron chi connectivity index (χ2n) is 6.42. The molecule has 5 heteroatoms. The van der Waals surface area contributed by atoms with Crippen molar-refractivity contribution in [3.8, 4) is 5.75 Å². The van der Waals surface area contributed by atoms with Gasteiger partial charge in [-0.15, -0.1) is 0 Å². The van der Waals surface area contributed by atoms with Gasteiger partial charge in [0, 0.05) is 24.7 Å². The lowest BCUT2D eigenvalue weighted by atomic mass is 9.95. The number of rotatable bonds is 5. The van der Waals surface area contributed by atoms with Gasteiger partial charge in [0.25, 0.3) is 0 Å². The van der Waals surface area contributed by atoms with E-state index >= 15 is 0 Å². The summed E-state index contributed by atoms with van der Waals surface area (Å²) < 4.78 is 5.70. The van der Waals surface area contributed by atoms with Crippen LogP contribution in [0.2, 0.25) is 5.02 Å². The molecule has 1 aromatic rings. The highest BCUT2D eigenvalue weighted by atomic mass is 35.5. The molecule has 0 spiro atoms. The first-order valence-electron chi connectivity index (χ1n) is 7.80. The summed E-state index contributed by atoms with van der Waals surface area (Å²) in [7, 11) is 1.84. The summed E-state index contributed by atoms with van der Waals surface area (Å²) >= 11 is 6.02. The van der Waals surface area contributed by atoms with Gasteiger partial charge < -0.3 is 15.4 Å². The van der Waals surface area contributed by atoms with Crippen LogP contribution >= 0.6 is 11.6 Å². The first-order chi connectivity index (χ1) is 10.4. The van der Waals surface area contributed by atoms with Gasteiger partial charge in [-0.1, -0.05) is 25.4 Å². The van der Waals surface area contributed by atoms with Crippen LogP contribution in [0, 0.1) is 11.8 Å². The van der Waals surface area contributed by atoms with Gasteiger partial charge in [-0.2, -0.15) is 0 Å². The van der Waals surface area contributed by atoms with Crippen LogP contribution in [-0.4, -0.2) is 37.0 Å². The highest BCUT2D eigenvalue weighted by molar-refractivity contribution is 6.30. The average Bonchev–Trinajstić information content (AvgIpc) is 2.50. The number of nitrogens with two attached hydrogens (primary N) is 1. The quantitative estimate of drug-likeness (QED) is 0.906. The van der Waals surface area contributed by atoms with E-state index in [1.165, 1.54) is 0 Å². The summed E-state index contributed by atoms with van der Waals surface area (Å²) in [5, 5.41) is 0.673. The number of halogens is 1. The minimum atomic E-state index is -0.147. The Bertz CT molecular complexity index is 533. The maximum Gasteiger partial charge on any atom is 0.229 e. The first-order valence-corrected chi connectivity index (χ1v) is 8.18. The van der Waals surface area contributed by atoms with E-state index in [2.05, 4.69) is 13.8 Å². The maximum atomic E-state index is 12.5. The Balaban J connectivity index is 1.93. The number of carbonyl (C=O) groups is 1. The van der Waals surface area contributed by atoms with Crippen LogP contribution in [0.1, 0.15) is 25.8 Å². The largest absolute Gasteiger partial charge is 0.492 e. The Hall–Kier alpha value is -1.26. The molecule has 1 aliphatic heterocycles. The number of fused-ring (bicyclic) bond motifs is 1. The van der Waals surface area contributed by atoms with Crippen molar-refractivity contribution in [3.63, 3.8) is 0 Å². The number of carbonyl (C=O) groups excluding carboxylic acids is 1. The van der Waals surface area contributed by atoms with Crippen molar-refractivity contribution in [2.24, 2.45) is 17.6 Å². The molecule has 122 valence electrons. The highest BCUT2D eigenvalue weighted by Crippen LogP contribution is 2.30. The molecule has 0 bridgehead atoms. The van der Waals surface area contributed by atoms with Crippen LogP contribution in [0.3, 0.4) is 0 Å². The lowest BCUT2D eigenvalue weighted by molar-refractivity contribution is -0.135. The third-order valence-electron chi connectivity index (χ3n) is 4.31. The number of benzene rings is 1. The Morgan fingerprint density at radius 1 is 1.50 bits per heavy atom. The second kappa shape index (κ2) is 7.34. The summed E-state index contributed by atoms with van der Waals surface area (Å²) in [5.41, 5.74) is 7.05. The van der Waals surface area contributed by atoms with E-state index in [-0.39, 0.29) is 17.9 Å². The predicted molar refractivity (Wildman–Crippen MR) is 89.2 cm³/mol. The van der Waals surface area contributed by atoms with Crippen molar-refractivity contribution in [1.82, 2.24) is 4.90 Å². The summed E-state index contributed by atoms with van der Waals surface area (Å²) in [4.78, 5) is 14.3. The molecular weight excluding hydrogens is 300 g/mol. The van der Waals surface area contributed by atoms with Gasteiger partial charge >= 0.3 is 0 Å². The van der Waals surface area contributed by atoms with Gasteiger partial charge in [0.2, 0.25) is 5.91 Å². The first kappa shape index (κ1) is 17.1. The second-order valence-corrected chi connectivity index (χ2v) is 6.86. The van der Waals surface area contributed by atoms with Crippen LogP contribution < -0.4 is 10.5 Å². The van der Waals surface area contributed by atoms with Crippen molar-refractivity contribution >= 4 is 17.5 Å². The minimum absolute atomic E-state index is 0.113. The third-order valence-corrected chi connectivity index (χ3v) is 4.54. The van der Waals surface area contributed by atoms with Crippen LogP contribution in [0.5, 0.6) is 5.75 Å². The molecule has 1 aromatic carbocycles. The highest BCUT2D eigenvalue weighted by Gasteiger charge is 2.28. The molecule has 0 saturated carbocycles. The Labute approximate surface area is 137 Å². The van der Waals surface area contributed by atoms with Gasteiger partial charge in [-0.25, -0.2) is 0 Å². The minimum Gasteiger partial charge on any atom is -0.492 e. The molecule has 22 heavy (non-hydrogen) atoms. The molecule has 0 radical (unpaired) electrons. The molecule has 2 rings (SSSR count). The molecule has 1 amide bonds. The number of amides is 1. The van der Waals surface area contributed by atoms with Crippen LogP contribution in [0.4, 0.5) is 0 Å². The van der Waals surface area contributed by atoms with Gasteiger partial charge in [-0.05, 0) is 42.5 Å². The van der Waals surface area contributed by atoms with Gasteiger partial charge in [0.1, 0.15) is 12.4 Å². The molecule has 0 saturated heterocycles. The van der Waals surface area contributed by atoms with E-state index in [1.54, 1.807) is 4.90 Å². The van der Waals surface area contributed by atoms with Crippen molar-refractivity contribution in [1.29, 1.82) is 0 Å². The predicted octanol–water partition coefficient (Wildman–Crippen LogP) is 2.72. The van der Waals surface area contributed by atoms with Gasteiger partial charge in [0.05, 0.1) is 5.92 Å². The van der Waals surface area contributed by atoms with Crippen LogP contribution in [0.15, 0.2) is 18.2 Å². The summed E-state index contributed by atoms with van der Waals surface area (Å²) in [6, 6.07) is 5.67. The topological polar surface area (TPSA) is 55.6 Å². The molecule has 2 unspecified atom stereocenters. The van der Waals surface area contributed by atoms with E-state index in [0.29, 0.717) is 30.5 Å². The van der Waals surface area contributed by atoms with E-state index in [4.69, 9.17) is 22.1 Å². The zero-order valence-corrected chi connectivity index (χ0v) is 14.3. The maximum absolute atomic E-state index is 12.5. The average molecular weight is 325 g/mol. The number of nitrogens with zero attached hydrogens (tertiary/aromatic N) is 1. The number of hydrogen-bond acceptors (Lipinski definition) is 3. The standard InChI is InChI=1S/C17H25ClN2O2/c1-11(2)15(19)6-7-20(3)17(21)13-8-12-9-14(18)4-5-16(12)22-10-13/h4-5,9,11,13,15H,6-8,10,19H2,1-3H3. The fourth-order valence-electron chi connectivity index (χ4n) is 2.62. The molecule has 0 aromatic heterocycles. The Morgan fingerprint density at radius 3 is 2.91 bits per heavy atom. The lowest BCUT2D eigenvalue weighted by Gasteiger charge is -2.29. The normalized spacial score (nSPS) is 18.5. The molecule has 2 atom stereocenters. The lowest BCUT2D eigenvalue weighted by Crippen LogP contribution is -2.41. The fraction of sp³-hybridized carbons (Fsp3) is 0.588. The van der Waals surface area contributed by atoms with E-state index in [1.807, 2.05) is 25.2 Å². The van der Waals surface area contributed by atoms with Crippen molar-refractivity contribution < 1.29 is 9.53 Å². The van der Waals surface area contributed by atoms with Gasteiger partial charge in [0.15, 0.2) is 0 Å². The molecule has 4 nitrogen and oxygen atoms in total. The number of hydrogen-bond donors (Lipinski definition) is 1. The number of ether oxygens (including phenoxy) is 1. The SMILES string of the molecule is CC(C)C(N)CCN(C)C(=O)C1COc2ccc(Cl)cc2C1. The molecule has 0 fully saturated rings. The van der Waals surface area contributed by atoms with E-state index in [0.717, 1.165) is 17.7 Å². The van der Waals surface area contributed by atoms with Gasteiger partial charge in [-0.3, -0.25) is 4.79 Å². The smallest absolute Gasteiger partial charge is 0.229 e. The molecule has 1 heterocycles. The van der Waals surface area contributed by atoms with Crippen LogP contribution in [-0.2, 0) is 11.2 Å². The van der Waals surface area contributed by atoms with Crippen molar-refractivity contribution in [2.45, 2.75) is 32.7 Å². The fourth-order valence-corrected chi connectivity index (χ4v) is 2.81. The zero-order chi connectivity index (χ0) is 16.3. The van der Waals surface area contributed by atoms with Crippen molar-refractivity contribution in [3.05, 3.63) is 28.8 Å². The monoisotopic (exact) mass is 324 g/mol.